The van der Waals surface area contributed by atoms with E-state index < -0.39 is 0 Å². The minimum atomic E-state index is -0.0793. The SMILES string of the molecule is Cc1cc(C(=O)NCc2ccc(CN)cc2)c(C)n1Cc1cccc(-c2cccnc2)n1. The summed E-state index contributed by atoms with van der Waals surface area (Å²) in [4.78, 5) is 21.8. The molecule has 0 unspecified atom stereocenters. The van der Waals surface area contributed by atoms with Gasteiger partial charge in [0.2, 0.25) is 0 Å². The van der Waals surface area contributed by atoms with Gasteiger partial charge in [0, 0.05) is 42.4 Å². The number of amides is 1. The van der Waals surface area contributed by atoms with Crippen molar-refractivity contribution >= 4 is 5.91 Å². The first-order valence-corrected chi connectivity index (χ1v) is 10.6. The largest absolute Gasteiger partial charge is 0.348 e. The molecular weight excluding hydrogens is 398 g/mol. The van der Waals surface area contributed by atoms with E-state index in [0.717, 1.165) is 39.5 Å². The number of nitrogens with one attached hydrogen (secondary N) is 1. The van der Waals surface area contributed by atoms with E-state index in [1.165, 1.54) is 0 Å². The van der Waals surface area contributed by atoms with Crippen molar-refractivity contribution in [2.24, 2.45) is 5.73 Å². The highest BCUT2D eigenvalue weighted by molar-refractivity contribution is 5.95. The summed E-state index contributed by atoms with van der Waals surface area (Å²) in [5, 5.41) is 3.02. The summed E-state index contributed by atoms with van der Waals surface area (Å²) in [6, 6.07) is 19.8. The average molecular weight is 426 g/mol. The maximum atomic E-state index is 12.9. The monoisotopic (exact) mass is 425 g/mol. The molecule has 4 rings (SSSR count). The number of nitrogens with zero attached hydrogens (tertiary/aromatic N) is 3. The Labute approximate surface area is 188 Å². The molecule has 0 aliphatic carbocycles. The molecule has 1 aromatic carbocycles. The fraction of sp³-hybridized carbons (Fsp3) is 0.192. The molecule has 32 heavy (non-hydrogen) atoms. The van der Waals surface area contributed by atoms with Crippen LogP contribution in [0, 0.1) is 13.8 Å². The van der Waals surface area contributed by atoms with E-state index >= 15 is 0 Å². The van der Waals surface area contributed by atoms with E-state index in [0.29, 0.717) is 25.2 Å². The molecule has 1 amide bonds. The van der Waals surface area contributed by atoms with Crippen LogP contribution in [0.2, 0.25) is 0 Å². The van der Waals surface area contributed by atoms with E-state index in [4.69, 9.17) is 10.7 Å². The van der Waals surface area contributed by atoms with Crippen LogP contribution in [0.4, 0.5) is 0 Å². The van der Waals surface area contributed by atoms with E-state index in [1.807, 2.05) is 80.7 Å². The Morgan fingerprint density at radius 2 is 1.81 bits per heavy atom. The smallest absolute Gasteiger partial charge is 0.253 e. The molecular formula is C26H27N5O. The van der Waals surface area contributed by atoms with Crippen molar-refractivity contribution in [2.45, 2.75) is 33.5 Å². The Kier molecular flexibility index (Phi) is 6.42. The number of aromatic nitrogens is 3. The topological polar surface area (TPSA) is 85.8 Å². The molecule has 0 bridgehead atoms. The van der Waals surface area contributed by atoms with E-state index in [2.05, 4.69) is 14.9 Å². The van der Waals surface area contributed by atoms with Gasteiger partial charge in [-0.25, -0.2) is 0 Å². The molecule has 162 valence electrons. The van der Waals surface area contributed by atoms with Crippen LogP contribution in [0.15, 0.2) is 73.1 Å². The molecule has 3 N–H and O–H groups in total. The molecule has 0 saturated carbocycles. The lowest BCUT2D eigenvalue weighted by Gasteiger charge is -2.11. The standard InChI is InChI=1S/C26H27N5O/c1-18-13-24(26(32)29-15-21-10-8-20(14-27)9-11-21)19(2)31(18)17-23-6-3-7-25(30-23)22-5-4-12-28-16-22/h3-13,16H,14-15,17,27H2,1-2H3,(H,29,32). The molecule has 0 aliphatic heterocycles. The fourth-order valence-corrected chi connectivity index (χ4v) is 3.75. The number of hydrogen-bond acceptors (Lipinski definition) is 4. The quantitative estimate of drug-likeness (QED) is 0.469. The third-order valence-corrected chi connectivity index (χ3v) is 5.61. The van der Waals surface area contributed by atoms with Gasteiger partial charge in [-0.05, 0) is 55.3 Å². The third-order valence-electron chi connectivity index (χ3n) is 5.61. The maximum Gasteiger partial charge on any atom is 0.253 e. The lowest BCUT2D eigenvalue weighted by atomic mass is 10.1. The van der Waals surface area contributed by atoms with E-state index in [-0.39, 0.29) is 5.91 Å². The van der Waals surface area contributed by atoms with E-state index in [1.54, 1.807) is 6.20 Å². The van der Waals surface area contributed by atoms with Gasteiger partial charge in [-0.15, -0.1) is 0 Å². The summed E-state index contributed by atoms with van der Waals surface area (Å²) in [7, 11) is 0. The zero-order chi connectivity index (χ0) is 22.5. The normalized spacial score (nSPS) is 10.8. The highest BCUT2D eigenvalue weighted by Gasteiger charge is 2.16. The molecule has 6 heteroatoms. The Morgan fingerprint density at radius 1 is 1.03 bits per heavy atom. The van der Waals surface area contributed by atoms with Gasteiger partial charge in [0.05, 0.1) is 23.5 Å². The minimum absolute atomic E-state index is 0.0793. The first-order valence-electron chi connectivity index (χ1n) is 10.6. The number of carbonyl (C=O) groups is 1. The summed E-state index contributed by atoms with van der Waals surface area (Å²) in [5.74, 6) is -0.0793. The molecule has 6 nitrogen and oxygen atoms in total. The fourth-order valence-electron chi connectivity index (χ4n) is 3.75. The van der Waals surface area contributed by atoms with Crippen LogP contribution in [-0.2, 0) is 19.6 Å². The van der Waals surface area contributed by atoms with Crippen molar-refractivity contribution < 1.29 is 4.79 Å². The first kappa shape index (κ1) is 21.5. The van der Waals surface area contributed by atoms with Gasteiger partial charge < -0.3 is 15.6 Å². The number of benzene rings is 1. The Hall–Kier alpha value is -3.77. The van der Waals surface area contributed by atoms with Crippen molar-refractivity contribution in [2.75, 3.05) is 0 Å². The van der Waals surface area contributed by atoms with Gasteiger partial charge in [-0.3, -0.25) is 14.8 Å². The van der Waals surface area contributed by atoms with Crippen LogP contribution in [0.1, 0.15) is 38.6 Å². The molecule has 0 radical (unpaired) electrons. The van der Waals surface area contributed by atoms with Crippen molar-refractivity contribution in [3.05, 3.63) is 107 Å². The molecule has 0 saturated heterocycles. The van der Waals surface area contributed by atoms with Gasteiger partial charge in [0.1, 0.15) is 0 Å². The molecule has 0 atom stereocenters. The summed E-state index contributed by atoms with van der Waals surface area (Å²) >= 11 is 0. The number of pyridine rings is 2. The summed E-state index contributed by atoms with van der Waals surface area (Å²) in [5.41, 5.74) is 13.2. The van der Waals surface area contributed by atoms with Gasteiger partial charge in [-0.1, -0.05) is 30.3 Å². The van der Waals surface area contributed by atoms with Crippen LogP contribution in [0.5, 0.6) is 0 Å². The minimum Gasteiger partial charge on any atom is -0.348 e. The van der Waals surface area contributed by atoms with Gasteiger partial charge in [0.25, 0.3) is 5.91 Å². The lowest BCUT2D eigenvalue weighted by molar-refractivity contribution is 0.0950. The Morgan fingerprint density at radius 3 is 2.53 bits per heavy atom. The van der Waals surface area contributed by atoms with E-state index in [9.17, 15) is 4.79 Å². The highest BCUT2D eigenvalue weighted by atomic mass is 16.1. The second-order valence-corrected chi connectivity index (χ2v) is 7.83. The third kappa shape index (κ3) is 4.76. The second kappa shape index (κ2) is 9.58. The lowest BCUT2D eigenvalue weighted by Crippen LogP contribution is -2.23. The molecule has 3 aromatic heterocycles. The summed E-state index contributed by atoms with van der Waals surface area (Å²) in [6.07, 6.45) is 3.56. The second-order valence-electron chi connectivity index (χ2n) is 7.83. The molecule has 0 spiro atoms. The van der Waals surface area contributed by atoms with Crippen LogP contribution in [-0.4, -0.2) is 20.4 Å². The van der Waals surface area contributed by atoms with Crippen molar-refractivity contribution in [3.63, 3.8) is 0 Å². The first-order chi connectivity index (χ1) is 15.5. The molecule has 3 heterocycles. The zero-order valence-corrected chi connectivity index (χ0v) is 18.4. The predicted molar refractivity (Wildman–Crippen MR) is 126 cm³/mol. The Bertz CT molecular complexity index is 1210. The molecule has 0 aliphatic rings. The highest BCUT2D eigenvalue weighted by Crippen LogP contribution is 2.19. The molecule has 4 aromatic rings. The van der Waals surface area contributed by atoms with Gasteiger partial charge in [0.15, 0.2) is 0 Å². The zero-order valence-electron chi connectivity index (χ0n) is 18.4. The number of carbonyl (C=O) groups excluding carboxylic acids is 1. The van der Waals surface area contributed by atoms with Gasteiger partial charge >= 0.3 is 0 Å². The van der Waals surface area contributed by atoms with Gasteiger partial charge in [-0.2, -0.15) is 0 Å². The number of rotatable bonds is 7. The van der Waals surface area contributed by atoms with Crippen LogP contribution < -0.4 is 11.1 Å². The predicted octanol–water partition coefficient (Wildman–Crippen LogP) is 4.00. The Balaban J connectivity index is 1.48. The van der Waals surface area contributed by atoms with Crippen molar-refractivity contribution in [3.8, 4) is 11.3 Å². The molecule has 0 fully saturated rings. The number of nitrogens with two attached hydrogens (primary N) is 1. The van der Waals surface area contributed by atoms with Crippen molar-refractivity contribution in [1.29, 1.82) is 0 Å². The van der Waals surface area contributed by atoms with Crippen LogP contribution >= 0.6 is 0 Å². The van der Waals surface area contributed by atoms with Crippen LogP contribution in [0.25, 0.3) is 11.3 Å². The van der Waals surface area contributed by atoms with Crippen molar-refractivity contribution in [1.82, 2.24) is 19.9 Å². The maximum absolute atomic E-state index is 12.9. The number of hydrogen-bond donors (Lipinski definition) is 2. The average Bonchev–Trinajstić information content (AvgIpc) is 3.12. The van der Waals surface area contributed by atoms with Crippen LogP contribution in [0.3, 0.4) is 0 Å². The number of aryl methyl sites for hydroxylation is 1. The summed E-state index contributed by atoms with van der Waals surface area (Å²) < 4.78 is 2.13. The summed E-state index contributed by atoms with van der Waals surface area (Å²) in [6.45, 7) is 5.57.